The predicted octanol–water partition coefficient (Wildman–Crippen LogP) is 4.88. The van der Waals surface area contributed by atoms with E-state index in [1.807, 2.05) is 68.4 Å². The monoisotopic (exact) mass is 496 g/mol. The van der Waals surface area contributed by atoms with Crippen LogP contribution in [0, 0.1) is 19.8 Å². The molecule has 0 saturated carbocycles. The van der Waals surface area contributed by atoms with Crippen molar-refractivity contribution < 1.29 is 17.7 Å². The summed E-state index contributed by atoms with van der Waals surface area (Å²) in [5.74, 6) is -0.227. The lowest BCUT2D eigenvalue weighted by Gasteiger charge is -2.36. The van der Waals surface area contributed by atoms with E-state index in [0.717, 1.165) is 17.1 Å². The molecule has 186 valence electrons. The number of aromatic nitrogens is 1. The van der Waals surface area contributed by atoms with Crippen LogP contribution in [0.15, 0.2) is 64.0 Å². The molecule has 1 unspecified atom stereocenters. The molecule has 35 heavy (non-hydrogen) atoms. The van der Waals surface area contributed by atoms with Crippen molar-refractivity contribution >= 4 is 33.0 Å². The molecule has 2 heterocycles. The average Bonchev–Trinajstić information content (AvgIpc) is 3.19. The molecule has 2 aromatic carbocycles. The van der Waals surface area contributed by atoms with Crippen molar-refractivity contribution in [3.05, 3.63) is 66.1 Å². The highest BCUT2D eigenvalue weighted by Gasteiger charge is 2.38. The fraction of sp³-hybridized carbons (Fsp3) is 0.385. The van der Waals surface area contributed by atoms with Gasteiger partial charge in [0, 0.05) is 36.2 Å². The number of hydrogen-bond acceptors (Lipinski definition) is 6. The zero-order valence-electron chi connectivity index (χ0n) is 20.6. The summed E-state index contributed by atoms with van der Waals surface area (Å²) >= 11 is 0. The minimum atomic E-state index is -3.79. The summed E-state index contributed by atoms with van der Waals surface area (Å²) < 4.78 is 33.1. The highest BCUT2D eigenvalue weighted by Crippen LogP contribution is 2.30. The number of anilines is 3. The van der Waals surface area contributed by atoms with Gasteiger partial charge in [0.1, 0.15) is 10.6 Å². The number of benzene rings is 2. The number of piperidine rings is 1. The number of carbonyl (C=O) groups excluding carboxylic acids is 1. The van der Waals surface area contributed by atoms with Crippen molar-refractivity contribution in [3.63, 3.8) is 0 Å². The Morgan fingerprint density at radius 2 is 1.74 bits per heavy atom. The molecule has 1 aliphatic rings. The quantitative estimate of drug-likeness (QED) is 0.501. The van der Waals surface area contributed by atoms with Gasteiger partial charge < -0.3 is 14.7 Å². The third kappa shape index (κ3) is 5.26. The molecule has 0 aliphatic carbocycles. The van der Waals surface area contributed by atoms with Crippen molar-refractivity contribution in [2.75, 3.05) is 23.3 Å². The van der Waals surface area contributed by atoms with Gasteiger partial charge in [0.2, 0.25) is 15.9 Å². The van der Waals surface area contributed by atoms with Crippen LogP contribution in [0.5, 0.6) is 0 Å². The first-order chi connectivity index (χ1) is 16.7. The van der Waals surface area contributed by atoms with Crippen molar-refractivity contribution in [1.29, 1.82) is 0 Å². The molecular formula is C26H32N4O4S. The highest BCUT2D eigenvalue weighted by atomic mass is 32.2. The molecular weight excluding hydrogens is 464 g/mol. The molecule has 3 aromatic rings. The Labute approximate surface area is 207 Å². The Morgan fingerprint density at radius 3 is 2.34 bits per heavy atom. The van der Waals surface area contributed by atoms with Crippen molar-refractivity contribution in [1.82, 2.24) is 9.46 Å². The number of nitrogens with zero attached hydrogens (tertiary/aromatic N) is 3. The smallest absolute Gasteiger partial charge is 0.248 e. The van der Waals surface area contributed by atoms with Crippen molar-refractivity contribution in [2.24, 2.45) is 5.92 Å². The second kappa shape index (κ2) is 10.2. The Morgan fingerprint density at radius 1 is 1.09 bits per heavy atom. The van der Waals surface area contributed by atoms with Crippen LogP contribution in [0.4, 0.5) is 17.1 Å². The Bertz CT molecular complexity index is 1250. The molecule has 4 rings (SSSR count). The standard InChI is InChI=1S/C26H32N4O4S/c1-18(2)30(24-14-12-23(13-15-24)27-22-10-6-5-7-11-22)26(31)21-9-8-16-29(17-21)35(32,33)25-19(3)28-34-20(25)4/h5-7,10-15,18,21,27H,8-9,16-17H2,1-4H3. The van der Waals surface area contributed by atoms with Crippen LogP contribution < -0.4 is 10.2 Å². The maximum atomic E-state index is 13.7. The van der Waals surface area contributed by atoms with Crippen molar-refractivity contribution in [3.8, 4) is 0 Å². The van der Waals surface area contributed by atoms with E-state index in [9.17, 15) is 13.2 Å². The van der Waals surface area contributed by atoms with Crippen LogP contribution >= 0.6 is 0 Å². The largest absolute Gasteiger partial charge is 0.360 e. The average molecular weight is 497 g/mol. The molecule has 1 aromatic heterocycles. The molecule has 1 amide bonds. The lowest BCUT2D eigenvalue weighted by Crippen LogP contribution is -2.48. The van der Waals surface area contributed by atoms with E-state index in [1.54, 1.807) is 18.7 Å². The number of carbonyl (C=O) groups is 1. The second-order valence-electron chi connectivity index (χ2n) is 9.20. The van der Waals surface area contributed by atoms with E-state index in [1.165, 1.54) is 4.31 Å². The van der Waals surface area contributed by atoms with Gasteiger partial charge in [0.15, 0.2) is 5.76 Å². The van der Waals surface area contributed by atoms with Gasteiger partial charge in [0.05, 0.1) is 5.92 Å². The first kappa shape index (κ1) is 24.9. The zero-order chi connectivity index (χ0) is 25.2. The fourth-order valence-corrected chi connectivity index (χ4v) is 6.42. The third-order valence-corrected chi connectivity index (χ3v) is 8.37. The minimum Gasteiger partial charge on any atom is -0.360 e. The lowest BCUT2D eigenvalue weighted by atomic mass is 9.97. The van der Waals surface area contributed by atoms with Crippen LogP contribution in [0.1, 0.15) is 38.1 Å². The Balaban J connectivity index is 1.52. The van der Waals surface area contributed by atoms with Crippen LogP contribution in [0.2, 0.25) is 0 Å². The third-order valence-electron chi connectivity index (χ3n) is 6.26. The second-order valence-corrected chi connectivity index (χ2v) is 11.1. The molecule has 8 nitrogen and oxygen atoms in total. The number of rotatable bonds is 7. The van der Waals surface area contributed by atoms with Gasteiger partial charge in [0.25, 0.3) is 0 Å². The van der Waals surface area contributed by atoms with E-state index in [2.05, 4.69) is 10.5 Å². The fourth-order valence-electron chi connectivity index (χ4n) is 4.60. The maximum absolute atomic E-state index is 13.7. The van der Waals surface area contributed by atoms with E-state index in [4.69, 9.17) is 4.52 Å². The number of nitrogens with one attached hydrogen (secondary N) is 1. The van der Waals surface area contributed by atoms with Gasteiger partial charge in [-0.3, -0.25) is 4.79 Å². The van der Waals surface area contributed by atoms with Gasteiger partial charge in [-0.2, -0.15) is 4.31 Å². The molecule has 9 heteroatoms. The summed E-state index contributed by atoms with van der Waals surface area (Å²) in [6.07, 6.45) is 1.26. The maximum Gasteiger partial charge on any atom is 0.248 e. The first-order valence-electron chi connectivity index (χ1n) is 11.9. The first-order valence-corrected chi connectivity index (χ1v) is 13.3. The van der Waals surface area contributed by atoms with E-state index in [-0.39, 0.29) is 29.1 Å². The molecule has 0 bridgehead atoms. The van der Waals surface area contributed by atoms with Gasteiger partial charge in [-0.05, 0) is 76.9 Å². The van der Waals surface area contributed by atoms with Gasteiger partial charge in [-0.1, -0.05) is 23.4 Å². The van der Waals surface area contributed by atoms with Crippen LogP contribution in [0.25, 0.3) is 0 Å². The van der Waals surface area contributed by atoms with Crippen LogP contribution in [-0.2, 0) is 14.8 Å². The lowest BCUT2D eigenvalue weighted by molar-refractivity contribution is -0.123. The number of para-hydroxylation sites is 1. The van der Waals surface area contributed by atoms with Crippen LogP contribution in [-0.4, -0.2) is 42.9 Å². The highest BCUT2D eigenvalue weighted by molar-refractivity contribution is 7.89. The normalized spacial score (nSPS) is 16.9. The summed E-state index contributed by atoms with van der Waals surface area (Å²) in [6, 6.07) is 17.5. The zero-order valence-corrected chi connectivity index (χ0v) is 21.4. The van der Waals surface area contributed by atoms with E-state index >= 15 is 0 Å². The molecule has 0 radical (unpaired) electrons. The Kier molecular flexibility index (Phi) is 7.28. The molecule has 1 saturated heterocycles. The number of amides is 1. The predicted molar refractivity (Wildman–Crippen MR) is 136 cm³/mol. The molecule has 0 spiro atoms. The SMILES string of the molecule is Cc1noc(C)c1S(=O)(=O)N1CCCC(C(=O)N(c2ccc(Nc3ccccc3)cc2)C(C)C)C1. The van der Waals surface area contributed by atoms with Gasteiger partial charge >= 0.3 is 0 Å². The molecule has 1 aliphatic heterocycles. The minimum absolute atomic E-state index is 0.0672. The summed E-state index contributed by atoms with van der Waals surface area (Å²) in [5.41, 5.74) is 3.03. The molecule has 1 fully saturated rings. The molecule has 1 N–H and O–H groups in total. The summed E-state index contributed by atoms with van der Waals surface area (Å²) in [4.78, 5) is 15.5. The Hall–Kier alpha value is -3.17. The van der Waals surface area contributed by atoms with E-state index < -0.39 is 15.9 Å². The summed E-state index contributed by atoms with van der Waals surface area (Å²) in [5, 5.41) is 7.14. The van der Waals surface area contributed by atoms with Gasteiger partial charge in [-0.15, -0.1) is 0 Å². The van der Waals surface area contributed by atoms with E-state index in [0.29, 0.717) is 25.1 Å². The summed E-state index contributed by atoms with van der Waals surface area (Å²) in [6.45, 7) is 7.66. The number of sulfonamides is 1. The number of aryl methyl sites for hydroxylation is 2. The summed E-state index contributed by atoms with van der Waals surface area (Å²) in [7, 11) is -3.79. The van der Waals surface area contributed by atoms with Crippen LogP contribution in [0.3, 0.4) is 0 Å². The molecule has 1 atom stereocenters. The van der Waals surface area contributed by atoms with Gasteiger partial charge in [-0.25, -0.2) is 8.42 Å². The number of hydrogen-bond donors (Lipinski definition) is 1. The van der Waals surface area contributed by atoms with Crippen molar-refractivity contribution in [2.45, 2.75) is 51.5 Å². The topological polar surface area (TPSA) is 95.8 Å².